The van der Waals surface area contributed by atoms with Gasteiger partial charge in [-0.2, -0.15) is 0 Å². The van der Waals surface area contributed by atoms with Gasteiger partial charge in [0.15, 0.2) is 0 Å². The minimum atomic E-state index is 0.192. The predicted molar refractivity (Wildman–Crippen MR) is 72.4 cm³/mol. The van der Waals surface area contributed by atoms with E-state index in [1.807, 2.05) is 6.92 Å². The summed E-state index contributed by atoms with van der Waals surface area (Å²) >= 11 is 0. The second kappa shape index (κ2) is 4.73. The molecule has 0 atom stereocenters. The summed E-state index contributed by atoms with van der Waals surface area (Å²) in [7, 11) is 0. The summed E-state index contributed by atoms with van der Waals surface area (Å²) in [5.41, 5.74) is 10.8. The first-order chi connectivity index (χ1) is 7.34. The summed E-state index contributed by atoms with van der Waals surface area (Å²) in [6.07, 6.45) is 3.11. The van der Waals surface area contributed by atoms with Gasteiger partial charge in [0.1, 0.15) is 0 Å². The minimum absolute atomic E-state index is 0.192. The van der Waals surface area contributed by atoms with Gasteiger partial charge in [-0.25, -0.2) is 0 Å². The van der Waals surface area contributed by atoms with Crippen molar-refractivity contribution in [1.29, 1.82) is 0 Å². The maximum atomic E-state index is 5.77. The fraction of sp³-hybridized carbons (Fsp3) is 0.467. The number of benzene rings is 1. The van der Waals surface area contributed by atoms with Crippen LogP contribution in [0, 0.1) is 0 Å². The molecular formula is C15H23N. The standard InChI is InChI=1S/C15H23N/c1-6-12-7-8-14(15(3,4)5)10-13(12)9-11(2)16/h7-10H,6,16H2,1-5H3/b11-9+. The quantitative estimate of drug-likeness (QED) is 0.799. The van der Waals surface area contributed by atoms with E-state index < -0.39 is 0 Å². The zero-order valence-electron chi connectivity index (χ0n) is 11.1. The zero-order valence-corrected chi connectivity index (χ0v) is 11.1. The minimum Gasteiger partial charge on any atom is -0.402 e. The normalized spacial score (nSPS) is 12.9. The molecule has 0 unspecified atom stereocenters. The van der Waals surface area contributed by atoms with E-state index in [0.717, 1.165) is 12.1 Å². The third-order valence-electron chi connectivity index (χ3n) is 2.78. The maximum Gasteiger partial charge on any atom is 0.00549 e. The number of hydrogen-bond acceptors (Lipinski definition) is 1. The highest BCUT2D eigenvalue weighted by Crippen LogP contribution is 2.25. The summed E-state index contributed by atoms with van der Waals surface area (Å²) in [6.45, 7) is 10.8. The highest BCUT2D eigenvalue weighted by atomic mass is 14.5. The lowest BCUT2D eigenvalue weighted by Gasteiger charge is -2.20. The molecular weight excluding hydrogens is 194 g/mol. The van der Waals surface area contributed by atoms with Crippen molar-refractivity contribution in [3.8, 4) is 0 Å². The van der Waals surface area contributed by atoms with Gasteiger partial charge in [0.05, 0.1) is 0 Å². The summed E-state index contributed by atoms with van der Waals surface area (Å²) in [4.78, 5) is 0. The fourth-order valence-electron chi connectivity index (χ4n) is 1.76. The van der Waals surface area contributed by atoms with Crippen LogP contribution in [-0.2, 0) is 11.8 Å². The molecule has 0 radical (unpaired) electrons. The number of rotatable bonds is 2. The Bertz CT molecular complexity index is 390. The molecule has 1 nitrogen and oxygen atoms in total. The lowest BCUT2D eigenvalue weighted by atomic mass is 9.85. The molecule has 1 heteroatoms. The average Bonchev–Trinajstić information content (AvgIpc) is 2.15. The van der Waals surface area contributed by atoms with Crippen LogP contribution in [-0.4, -0.2) is 0 Å². The first kappa shape index (κ1) is 12.8. The van der Waals surface area contributed by atoms with Gasteiger partial charge in [0.2, 0.25) is 0 Å². The molecule has 0 spiro atoms. The van der Waals surface area contributed by atoms with Crippen LogP contribution in [0.2, 0.25) is 0 Å². The highest BCUT2D eigenvalue weighted by molar-refractivity contribution is 5.57. The molecule has 88 valence electrons. The molecule has 1 aromatic carbocycles. The van der Waals surface area contributed by atoms with Gasteiger partial charge in [0.25, 0.3) is 0 Å². The molecule has 0 fully saturated rings. The lowest BCUT2D eigenvalue weighted by molar-refractivity contribution is 0.590. The predicted octanol–water partition coefficient (Wildman–Crippen LogP) is 3.87. The second-order valence-corrected chi connectivity index (χ2v) is 5.41. The van der Waals surface area contributed by atoms with Gasteiger partial charge in [-0.15, -0.1) is 0 Å². The van der Waals surface area contributed by atoms with Crippen LogP contribution in [0.3, 0.4) is 0 Å². The van der Waals surface area contributed by atoms with Crippen LogP contribution < -0.4 is 5.73 Å². The monoisotopic (exact) mass is 217 g/mol. The molecule has 1 aromatic rings. The van der Waals surface area contributed by atoms with E-state index in [-0.39, 0.29) is 5.41 Å². The van der Waals surface area contributed by atoms with Crippen LogP contribution >= 0.6 is 0 Å². The van der Waals surface area contributed by atoms with Crippen LogP contribution in [0.25, 0.3) is 6.08 Å². The van der Waals surface area contributed by atoms with E-state index in [2.05, 4.69) is 52.0 Å². The van der Waals surface area contributed by atoms with E-state index in [1.165, 1.54) is 16.7 Å². The van der Waals surface area contributed by atoms with Gasteiger partial charge in [-0.1, -0.05) is 45.9 Å². The SMILES string of the molecule is CCc1ccc(C(C)(C)C)cc1/C=C(\C)N. The third-order valence-corrected chi connectivity index (χ3v) is 2.78. The molecule has 0 aromatic heterocycles. The first-order valence-corrected chi connectivity index (χ1v) is 5.91. The van der Waals surface area contributed by atoms with Gasteiger partial charge < -0.3 is 5.73 Å². The molecule has 0 aliphatic heterocycles. The van der Waals surface area contributed by atoms with Crippen molar-refractivity contribution >= 4 is 6.08 Å². The van der Waals surface area contributed by atoms with E-state index in [1.54, 1.807) is 0 Å². The molecule has 0 saturated heterocycles. The number of nitrogens with two attached hydrogens (primary N) is 1. The van der Waals surface area contributed by atoms with Gasteiger partial charge >= 0.3 is 0 Å². The summed E-state index contributed by atoms with van der Waals surface area (Å²) in [6, 6.07) is 6.70. The molecule has 0 heterocycles. The molecule has 0 aliphatic rings. The second-order valence-electron chi connectivity index (χ2n) is 5.41. The Balaban J connectivity index is 3.27. The van der Waals surface area contributed by atoms with E-state index in [4.69, 9.17) is 5.73 Å². The molecule has 1 rings (SSSR count). The Morgan fingerprint density at radius 2 is 1.94 bits per heavy atom. The Morgan fingerprint density at radius 1 is 1.31 bits per heavy atom. The third kappa shape index (κ3) is 3.13. The summed E-state index contributed by atoms with van der Waals surface area (Å²) < 4.78 is 0. The van der Waals surface area contributed by atoms with E-state index >= 15 is 0 Å². The fourth-order valence-corrected chi connectivity index (χ4v) is 1.76. The summed E-state index contributed by atoms with van der Waals surface area (Å²) in [5, 5.41) is 0. The molecule has 0 aliphatic carbocycles. The lowest BCUT2D eigenvalue weighted by Crippen LogP contribution is -2.11. The van der Waals surface area contributed by atoms with Gasteiger partial charge in [0, 0.05) is 5.70 Å². The number of aryl methyl sites for hydroxylation is 1. The molecule has 0 bridgehead atoms. The highest BCUT2D eigenvalue weighted by Gasteiger charge is 2.14. The first-order valence-electron chi connectivity index (χ1n) is 5.91. The Hall–Kier alpha value is -1.24. The largest absolute Gasteiger partial charge is 0.402 e. The van der Waals surface area contributed by atoms with Crippen molar-refractivity contribution in [2.45, 2.75) is 46.5 Å². The average molecular weight is 217 g/mol. The van der Waals surface area contributed by atoms with Gasteiger partial charge in [-0.3, -0.25) is 0 Å². The van der Waals surface area contributed by atoms with E-state index in [0.29, 0.717) is 0 Å². The van der Waals surface area contributed by atoms with Gasteiger partial charge in [-0.05, 0) is 41.5 Å². The molecule has 16 heavy (non-hydrogen) atoms. The van der Waals surface area contributed by atoms with Crippen LogP contribution in [0.15, 0.2) is 23.9 Å². The Morgan fingerprint density at radius 3 is 2.38 bits per heavy atom. The Labute approximate surface area is 99.4 Å². The summed E-state index contributed by atoms with van der Waals surface area (Å²) in [5.74, 6) is 0. The van der Waals surface area contributed by atoms with Crippen molar-refractivity contribution in [3.63, 3.8) is 0 Å². The topological polar surface area (TPSA) is 26.0 Å². The van der Waals surface area contributed by atoms with Crippen molar-refractivity contribution < 1.29 is 0 Å². The molecule has 0 amide bonds. The zero-order chi connectivity index (χ0) is 12.3. The van der Waals surface area contributed by atoms with Crippen LogP contribution in [0.1, 0.15) is 51.3 Å². The van der Waals surface area contributed by atoms with Crippen LogP contribution in [0.5, 0.6) is 0 Å². The Kier molecular flexibility index (Phi) is 3.79. The number of hydrogen-bond donors (Lipinski definition) is 1. The molecule has 2 N–H and O–H groups in total. The van der Waals surface area contributed by atoms with Crippen molar-refractivity contribution in [2.75, 3.05) is 0 Å². The van der Waals surface area contributed by atoms with E-state index in [9.17, 15) is 0 Å². The number of allylic oxidation sites excluding steroid dienone is 1. The van der Waals surface area contributed by atoms with Crippen molar-refractivity contribution in [3.05, 3.63) is 40.6 Å². The maximum absolute atomic E-state index is 5.77. The van der Waals surface area contributed by atoms with Crippen LogP contribution in [0.4, 0.5) is 0 Å². The smallest absolute Gasteiger partial charge is 0.00549 e. The molecule has 0 saturated carbocycles. The van der Waals surface area contributed by atoms with Crippen molar-refractivity contribution in [2.24, 2.45) is 5.73 Å². The van der Waals surface area contributed by atoms with Crippen molar-refractivity contribution in [1.82, 2.24) is 0 Å².